The Balaban J connectivity index is 1.62. The highest BCUT2D eigenvalue weighted by atomic mass is 35.5. The van der Waals surface area contributed by atoms with Crippen LogP contribution in [0.15, 0.2) is 81.0 Å². The lowest BCUT2D eigenvalue weighted by atomic mass is 10.0. The van der Waals surface area contributed by atoms with Crippen LogP contribution in [0.2, 0.25) is 5.02 Å². The Morgan fingerprint density at radius 1 is 1.18 bits per heavy atom. The number of benzene rings is 2. The summed E-state index contributed by atoms with van der Waals surface area (Å²) in [6.45, 7) is 5.62. The van der Waals surface area contributed by atoms with Gasteiger partial charge in [-0.1, -0.05) is 47.2 Å². The Bertz CT molecular complexity index is 1740. The van der Waals surface area contributed by atoms with Gasteiger partial charge < -0.3 is 14.8 Å². The van der Waals surface area contributed by atoms with Gasteiger partial charge in [0.25, 0.3) is 11.5 Å². The van der Waals surface area contributed by atoms with Crippen LogP contribution < -0.4 is 29.7 Å². The maximum atomic E-state index is 13.9. The van der Waals surface area contributed by atoms with E-state index < -0.39 is 6.04 Å². The van der Waals surface area contributed by atoms with Crippen molar-refractivity contribution in [1.29, 1.82) is 0 Å². The first kappa shape index (κ1) is 26.9. The highest BCUT2D eigenvalue weighted by molar-refractivity contribution is 7.10. The molecule has 200 valence electrons. The van der Waals surface area contributed by atoms with Crippen molar-refractivity contribution in [1.82, 2.24) is 4.57 Å². The first-order valence-corrected chi connectivity index (χ1v) is 14.3. The fraction of sp³-hybridized carbons (Fsp3) is 0.207. The van der Waals surface area contributed by atoms with Crippen LogP contribution in [0.3, 0.4) is 0 Å². The summed E-state index contributed by atoms with van der Waals surface area (Å²) in [4.78, 5) is 33.5. The second-order valence-electron chi connectivity index (χ2n) is 9.12. The van der Waals surface area contributed by atoms with E-state index >= 15 is 0 Å². The number of halogens is 1. The number of methoxy groups -OCH3 is 1. The summed E-state index contributed by atoms with van der Waals surface area (Å²) < 4.78 is 13.4. The smallest absolute Gasteiger partial charge is 0.271 e. The maximum absolute atomic E-state index is 13.9. The minimum atomic E-state index is -0.605. The van der Waals surface area contributed by atoms with Gasteiger partial charge in [-0.05, 0) is 68.1 Å². The molecule has 1 aliphatic heterocycles. The van der Waals surface area contributed by atoms with Crippen molar-refractivity contribution in [2.75, 3.05) is 12.4 Å². The number of thiophene rings is 1. The van der Waals surface area contributed by atoms with E-state index in [9.17, 15) is 9.59 Å². The lowest BCUT2D eigenvalue weighted by Gasteiger charge is -2.24. The summed E-state index contributed by atoms with van der Waals surface area (Å²) in [7, 11) is 1.54. The van der Waals surface area contributed by atoms with Crippen molar-refractivity contribution in [2.45, 2.75) is 32.9 Å². The Morgan fingerprint density at radius 2 is 1.95 bits per heavy atom. The largest absolute Gasteiger partial charge is 0.493 e. The van der Waals surface area contributed by atoms with E-state index in [0.29, 0.717) is 48.4 Å². The van der Waals surface area contributed by atoms with Crippen molar-refractivity contribution in [3.8, 4) is 11.5 Å². The maximum Gasteiger partial charge on any atom is 0.271 e. The van der Waals surface area contributed by atoms with Crippen molar-refractivity contribution in [3.05, 3.63) is 106 Å². The highest BCUT2D eigenvalue weighted by Gasteiger charge is 2.33. The Morgan fingerprint density at radius 3 is 2.62 bits per heavy atom. The molecule has 4 aromatic rings. The molecule has 1 aliphatic rings. The lowest BCUT2D eigenvalue weighted by molar-refractivity contribution is -0.113. The third-order valence-electron chi connectivity index (χ3n) is 6.01. The number of hydrogen-bond acceptors (Lipinski definition) is 7. The molecule has 0 spiro atoms. The predicted molar refractivity (Wildman–Crippen MR) is 157 cm³/mol. The monoisotopic (exact) mass is 579 g/mol. The van der Waals surface area contributed by atoms with Crippen LogP contribution in [0, 0.1) is 0 Å². The number of nitrogens with zero attached hydrogens (tertiary/aromatic N) is 2. The quantitative estimate of drug-likeness (QED) is 0.318. The van der Waals surface area contributed by atoms with Gasteiger partial charge in [0.2, 0.25) is 0 Å². The molecular weight excluding hydrogens is 554 g/mol. The third kappa shape index (κ3) is 5.43. The van der Waals surface area contributed by atoms with Gasteiger partial charge in [0, 0.05) is 10.6 Å². The summed E-state index contributed by atoms with van der Waals surface area (Å²) in [6.07, 6.45) is 1.67. The predicted octanol–water partition coefficient (Wildman–Crippen LogP) is 5.38. The number of thiazole rings is 1. The topological polar surface area (TPSA) is 81.9 Å². The lowest BCUT2D eigenvalue weighted by Crippen LogP contribution is -2.40. The molecule has 1 N–H and O–H groups in total. The number of rotatable bonds is 7. The van der Waals surface area contributed by atoms with Gasteiger partial charge in [-0.25, -0.2) is 4.99 Å². The average molecular weight is 580 g/mol. The summed E-state index contributed by atoms with van der Waals surface area (Å²) in [6, 6.07) is 16.0. The fourth-order valence-electron chi connectivity index (χ4n) is 4.37. The van der Waals surface area contributed by atoms with Gasteiger partial charge in [-0.2, -0.15) is 0 Å². The van der Waals surface area contributed by atoms with Gasteiger partial charge in [0.05, 0.1) is 34.0 Å². The summed E-state index contributed by atoms with van der Waals surface area (Å²) in [5.41, 5.74) is 2.10. The summed E-state index contributed by atoms with van der Waals surface area (Å²) in [5, 5.41) is 5.27. The molecule has 3 heterocycles. The zero-order chi connectivity index (χ0) is 27.7. The second kappa shape index (κ2) is 11.2. The molecular formula is C29H26ClN3O4S2. The van der Waals surface area contributed by atoms with E-state index in [1.807, 2.05) is 61.7 Å². The summed E-state index contributed by atoms with van der Waals surface area (Å²) >= 11 is 9.28. The van der Waals surface area contributed by atoms with Gasteiger partial charge in [-0.3, -0.25) is 14.2 Å². The average Bonchev–Trinajstić information content (AvgIpc) is 3.53. The van der Waals surface area contributed by atoms with E-state index in [0.717, 1.165) is 4.88 Å². The second-order valence-corrected chi connectivity index (χ2v) is 11.5. The molecule has 39 heavy (non-hydrogen) atoms. The third-order valence-corrected chi connectivity index (χ3v) is 8.20. The van der Waals surface area contributed by atoms with Gasteiger partial charge >= 0.3 is 0 Å². The summed E-state index contributed by atoms with van der Waals surface area (Å²) in [5.74, 6) is 0.630. The van der Waals surface area contributed by atoms with E-state index in [1.54, 1.807) is 36.8 Å². The number of anilines is 1. The molecule has 1 atom stereocenters. The van der Waals surface area contributed by atoms with E-state index in [2.05, 4.69) is 10.3 Å². The van der Waals surface area contributed by atoms with Crippen molar-refractivity contribution < 1.29 is 14.3 Å². The van der Waals surface area contributed by atoms with Crippen LogP contribution in [-0.2, 0) is 4.79 Å². The van der Waals surface area contributed by atoms with Crippen LogP contribution >= 0.6 is 34.3 Å². The van der Waals surface area contributed by atoms with E-state index in [1.165, 1.54) is 22.7 Å². The number of aromatic nitrogens is 1. The van der Waals surface area contributed by atoms with Gasteiger partial charge in [0.15, 0.2) is 16.3 Å². The van der Waals surface area contributed by atoms with E-state index in [4.69, 9.17) is 21.1 Å². The van der Waals surface area contributed by atoms with Crippen LogP contribution in [0.4, 0.5) is 5.69 Å². The van der Waals surface area contributed by atoms with Crippen LogP contribution in [0.5, 0.6) is 11.5 Å². The number of allylic oxidation sites excluding steroid dienone is 1. The minimum Gasteiger partial charge on any atom is -0.493 e. The first-order valence-electron chi connectivity index (χ1n) is 12.2. The number of fused-ring (bicyclic) bond motifs is 1. The normalized spacial score (nSPS) is 15.2. The van der Waals surface area contributed by atoms with Crippen LogP contribution in [-0.4, -0.2) is 23.7 Å². The number of hydrogen-bond donors (Lipinski definition) is 1. The first-order chi connectivity index (χ1) is 18.8. The molecule has 0 unspecified atom stereocenters. The number of ether oxygens (including phenoxy) is 2. The zero-order valence-corrected chi connectivity index (χ0v) is 24.1. The highest BCUT2D eigenvalue weighted by Crippen LogP contribution is 2.37. The molecule has 2 aromatic carbocycles. The standard InChI is InChI=1S/C29H26ClN3O4S2/c1-16(2)37-26-20(30)13-18(14-21(26)36-4)15-23-28(35)33-25(22-11-8-12-38-22)24(17(3)31-29(33)39-23)27(34)32-19-9-6-5-7-10-19/h5-16,25H,1-4H3,(H,32,34)/b23-15-/t25-/m1/s1. The molecule has 0 aliphatic carbocycles. The number of nitrogens with one attached hydrogen (secondary N) is 1. The minimum absolute atomic E-state index is 0.0836. The molecule has 0 fully saturated rings. The Hall–Kier alpha value is -3.66. The molecule has 1 amide bonds. The van der Waals surface area contributed by atoms with Gasteiger partial charge in [-0.15, -0.1) is 11.3 Å². The Labute approximate surface area is 238 Å². The van der Waals surface area contributed by atoms with Crippen molar-refractivity contribution in [3.63, 3.8) is 0 Å². The van der Waals surface area contributed by atoms with Crippen molar-refractivity contribution in [2.24, 2.45) is 4.99 Å². The number of carbonyl (C=O) groups is 1. The number of amides is 1. The molecule has 5 rings (SSSR count). The zero-order valence-electron chi connectivity index (χ0n) is 21.7. The van der Waals surface area contributed by atoms with Crippen LogP contribution in [0.1, 0.15) is 37.3 Å². The molecule has 7 nitrogen and oxygen atoms in total. The molecule has 0 bridgehead atoms. The molecule has 2 aromatic heterocycles. The van der Waals surface area contributed by atoms with E-state index in [-0.39, 0.29) is 17.6 Å². The van der Waals surface area contributed by atoms with Gasteiger partial charge in [0.1, 0.15) is 6.04 Å². The number of carbonyl (C=O) groups excluding carboxylic acids is 1. The molecule has 0 radical (unpaired) electrons. The molecule has 0 saturated carbocycles. The SMILES string of the molecule is COc1cc(/C=c2\sc3n(c2=O)[C@H](c2cccs2)C(C(=O)Nc2ccccc2)=C(C)N=3)cc(Cl)c1OC(C)C. The molecule has 10 heteroatoms. The Kier molecular flexibility index (Phi) is 7.74. The number of para-hydroxylation sites is 1. The molecule has 0 saturated heterocycles. The van der Waals surface area contributed by atoms with Crippen molar-refractivity contribution >= 4 is 51.9 Å². The fourth-order valence-corrected chi connectivity index (χ4v) is 6.51. The van der Waals surface area contributed by atoms with Crippen LogP contribution in [0.25, 0.3) is 6.08 Å².